The minimum Gasteiger partial charge on any atom is -0.481 e. The first-order chi connectivity index (χ1) is 14.8. The van der Waals surface area contributed by atoms with Crippen LogP contribution in [-0.4, -0.2) is 53.7 Å². The summed E-state index contributed by atoms with van der Waals surface area (Å²) in [5.41, 5.74) is 3.72. The third kappa shape index (κ3) is 4.00. The number of rotatable bonds is 6. The lowest BCUT2D eigenvalue weighted by molar-refractivity contribution is -0.164. The molecule has 2 amide bonds. The molecule has 1 aliphatic carbocycles. The number of nitrogens with zero attached hydrogens (tertiary/aromatic N) is 1. The van der Waals surface area contributed by atoms with E-state index < -0.39 is 23.5 Å². The summed E-state index contributed by atoms with van der Waals surface area (Å²) < 4.78 is 5.50. The van der Waals surface area contributed by atoms with Gasteiger partial charge < -0.3 is 20.1 Å². The van der Waals surface area contributed by atoms with Crippen LogP contribution in [0.25, 0.3) is 11.1 Å². The molecule has 7 nitrogen and oxygen atoms in total. The van der Waals surface area contributed by atoms with Gasteiger partial charge >= 0.3 is 12.1 Å². The molecule has 4 rings (SSSR count). The van der Waals surface area contributed by atoms with Crippen molar-refractivity contribution in [2.75, 3.05) is 19.7 Å². The van der Waals surface area contributed by atoms with Gasteiger partial charge in [-0.15, -0.1) is 0 Å². The Bertz CT molecular complexity index is 983. The van der Waals surface area contributed by atoms with Gasteiger partial charge in [0.1, 0.15) is 6.61 Å². The fourth-order valence-electron chi connectivity index (χ4n) is 4.39. The Kier molecular flexibility index (Phi) is 5.43. The van der Waals surface area contributed by atoms with Gasteiger partial charge in [0.2, 0.25) is 5.91 Å². The normalized spacial score (nSPS) is 17.2. The number of hydrogen-bond donors (Lipinski definition) is 2. The van der Waals surface area contributed by atoms with Crippen LogP contribution in [-0.2, 0) is 14.3 Å². The Balaban J connectivity index is 1.29. The second-order valence-electron chi connectivity index (χ2n) is 8.69. The fourth-order valence-corrected chi connectivity index (χ4v) is 4.39. The molecule has 1 atom stereocenters. The standard InChI is InChI=1S/C24H26N2O5/c1-15(11-21(27)26-13-24(2,14-26)22(28)29)25-23(30)31-12-20-18-9-5-3-7-16(18)17-8-4-6-10-19(17)20/h3-10,15,20H,11-14H2,1-2H3,(H,25,30)(H,28,29)/t15-/m0/s1. The van der Waals surface area contributed by atoms with Gasteiger partial charge in [0.15, 0.2) is 0 Å². The van der Waals surface area contributed by atoms with Crippen molar-refractivity contribution in [1.82, 2.24) is 10.2 Å². The van der Waals surface area contributed by atoms with Gasteiger partial charge in [0.05, 0.1) is 5.41 Å². The lowest BCUT2D eigenvalue weighted by Gasteiger charge is -2.45. The molecular formula is C24H26N2O5. The van der Waals surface area contributed by atoms with E-state index in [1.165, 1.54) is 4.90 Å². The zero-order valence-electron chi connectivity index (χ0n) is 17.6. The maximum atomic E-state index is 12.3. The molecule has 162 valence electrons. The number of nitrogens with one attached hydrogen (secondary N) is 1. The van der Waals surface area contributed by atoms with Crippen LogP contribution in [0.5, 0.6) is 0 Å². The number of benzene rings is 2. The number of alkyl carbamates (subject to hydrolysis) is 1. The van der Waals surface area contributed by atoms with Crippen LogP contribution in [0.1, 0.15) is 37.3 Å². The van der Waals surface area contributed by atoms with Crippen molar-refractivity contribution in [2.45, 2.75) is 32.2 Å². The quantitative estimate of drug-likeness (QED) is 0.745. The van der Waals surface area contributed by atoms with Gasteiger partial charge in [-0.05, 0) is 36.1 Å². The molecule has 0 saturated carbocycles. The Morgan fingerprint density at radius 1 is 1.10 bits per heavy atom. The van der Waals surface area contributed by atoms with Crippen molar-refractivity contribution < 1.29 is 24.2 Å². The minimum atomic E-state index is -0.902. The van der Waals surface area contributed by atoms with E-state index in [1.807, 2.05) is 24.3 Å². The highest BCUT2D eigenvalue weighted by Crippen LogP contribution is 2.44. The predicted molar refractivity (Wildman–Crippen MR) is 115 cm³/mol. The number of carbonyl (C=O) groups is 3. The second-order valence-corrected chi connectivity index (χ2v) is 8.69. The number of ether oxygens (including phenoxy) is 1. The van der Waals surface area contributed by atoms with E-state index in [2.05, 4.69) is 29.6 Å². The van der Waals surface area contributed by atoms with Gasteiger partial charge in [-0.3, -0.25) is 9.59 Å². The fraction of sp³-hybridized carbons (Fsp3) is 0.375. The van der Waals surface area contributed by atoms with E-state index in [0.717, 1.165) is 22.3 Å². The molecule has 0 bridgehead atoms. The minimum absolute atomic E-state index is 0.0233. The molecule has 0 aromatic heterocycles. The number of hydrogen-bond acceptors (Lipinski definition) is 4. The van der Waals surface area contributed by atoms with Crippen LogP contribution < -0.4 is 5.32 Å². The highest BCUT2D eigenvalue weighted by atomic mass is 16.5. The van der Waals surface area contributed by atoms with Crippen molar-refractivity contribution in [2.24, 2.45) is 5.41 Å². The Morgan fingerprint density at radius 3 is 2.19 bits per heavy atom. The first kappa shape index (κ1) is 20.9. The van der Waals surface area contributed by atoms with Gasteiger partial charge in [-0.25, -0.2) is 4.79 Å². The Hall–Kier alpha value is -3.35. The summed E-state index contributed by atoms with van der Waals surface area (Å²) in [5.74, 6) is -1.10. The van der Waals surface area contributed by atoms with Crippen molar-refractivity contribution >= 4 is 18.0 Å². The monoisotopic (exact) mass is 422 g/mol. The lowest BCUT2D eigenvalue weighted by atomic mass is 9.82. The zero-order valence-corrected chi connectivity index (χ0v) is 17.6. The predicted octanol–water partition coefficient (Wildman–Crippen LogP) is 3.24. The third-order valence-corrected chi connectivity index (χ3v) is 6.14. The maximum Gasteiger partial charge on any atom is 0.407 e. The molecule has 2 aromatic carbocycles. The molecule has 0 spiro atoms. The first-order valence-electron chi connectivity index (χ1n) is 10.4. The second kappa shape index (κ2) is 8.06. The number of amides is 2. The third-order valence-electron chi connectivity index (χ3n) is 6.14. The van der Waals surface area contributed by atoms with Gasteiger partial charge in [-0.2, -0.15) is 0 Å². The van der Waals surface area contributed by atoms with E-state index in [-0.39, 0.29) is 37.9 Å². The van der Waals surface area contributed by atoms with E-state index >= 15 is 0 Å². The zero-order chi connectivity index (χ0) is 22.2. The number of carboxylic acids is 1. The lowest BCUT2D eigenvalue weighted by Crippen LogP contribution is -2.61. The summed E-state index contributed by atoms with van der Waals surface area (Å²) in [4.78, 5) is 37.3. The van der Waals surface area contributed by atoms with Crippen LogP contribution in [0.4, 0.5) is 4.79 Å². The summed E-state index contributed by atoms with van der Waals surface area (Å²) in [5, 5.41) is 11.9. The van der Waals surface area contributed by atoms with Gasteiger partial charge in [0.25, 0.3) is 0 Å². The number of carboxylic acid groups (broad SMARTS) is 1. The average Bonchev–Trinajstić information content (AvgIpc) is 3.03. The summed E-state index contributed by atoms with van der Waals surface area (Å²) in [6.45, 7) is 3.95. The molecule has 1 heterocycles. The molecule has 1 aliphatic heterocycles. The van der Waals surface area contributed by atoms with Crippen LogP contribution in [0, 0.1) is 5.41 Å². The van der Waals surface area contributed by atoms with Crippen LogP contribution in [0.2, 0.25) is 0 Å². The van der Waals surface area contributed by atoms with E-state index in [9.17, 15) is 14.4 Å². The van der Waals surface area contributed by atoms with Crippen molar-refractivity contribution in [3.05, 3.63) is 59.7 Å². The average molecular weight is 422 g/mol. The highest BCUT2D eigenvalue weighted by Gasteiger charge is 2.47. The van der Waals surface area contributed by atoms with Gasteiger partial charge in [0, 0.05) is 31.5 Å². The van der Waals surface area contributed by atoms with Crippen LogP contribution in [0.3, 0.4) is 0 Å². The summed E-state index contributed by atoms with van der Waals surface area (Å²) in [7, 11) is 0. The van der Waals surface area contributed by atoms with Crippen LogP contribution in [0.15, 0.2) is 48.5 Å². The number of aliphatic carboxylic acids is 1. The largest absolute Gasteiger partial charge is 0.481 e. The highest BCUT2D eigenvalue weighted by molar-refractivity contribution is 5.84. The molecule has 1 fully saturated rings. The molecule has 2 N–H and O–H groups in total. The smallest absolute Gasteiger partial charge is 0.407 e. The molecule has 7 heteroatoms. The molecule has 2 aliphatic rings. The molecule has 2 aromatic rings. The van der Waals surface area contributed by atoms with Gasteiger partial charge in [-0.1, -0.05) is 48.5 Å². The molecular weight excluding hydrogens is 396 g/mol. The molecule has 0 radical (unpaired) electrons. The SMILES string of the molecule is C[C@@H](CC(=O)N1CC(C)(C(=O)O)C1)NC(=O)OCC1c2ccccc2-c2ccccc21. The molecule has 31 heavy (non-hydrogen) atoms. The van der Waals surface area contributed by atoms with Crippen molar-refractivity contribution in [3.8, 4) is 11.1 Å². The first-order valence-corrected chi connectivity index (χ1v) is 10.4. The van der Waals surface area contributed by atoms with E-state index in [4.69, 9.17) is 9.84 Å². The van der Waals surface area contributed by atoms with Crippen LogP contribution >= 0.6 is 0 Å². The summed E-state index contributed by atoms with van der Waals surface area (Å²) >= 11 is 0. The summed E-state index contributed by atoms with van der Waals surface area (Å²) in [6.07, 6.45) is -0.471. The topological polar surface area (TPSA) is 95.9 Å². The summed E-state index contributed by atoms with van der Waals surface area (Å²) in [6, 6.07) is 15.8. The Labute approximate surface area is 181 Å². The number of carbonyl (C=O) groups excluding carboxylic acids is 2. The van der Waals surface area contributed by atoms with Crippen molar-refractivity contribution in [3.63, 3.8) is 0 Å². The van der Waals surface area contributed by atoms with E-state index in [1.54, 1.807) is 13.8 Å². The maximum absolute atomic E-state index is 12.3. The molecule has 0 unspecified atom stereocenters. The Morgan fingerprint density at radius 2 is 1.65 bits per heavy atom. The van der Waals surface area contributed by atoms with Crippen molar-refractivity contribution in [1.29, 1.82) is 0 Å². The number of fused-ring (bicyclic) bond motifs is 3. The number of likely N-dealkylation sites (tertiary alicyclic amines) is 1. The molecule has 1 saturated heterocycles. The van der Waals surface area contributed by atoms with E-state index in [0.29, 0.717) is 0 Å².